The second-order valence-corrected chi connectivity index (χ2v) is 4.09. The van der Waals surface area contributed by atoms with Gasteiger partial charge in [0.2, 0.25) is 0 Å². The summed E-state index contributed by atoms with van der Waals surface area (Å²) in [4.78, 5) is 15.9. The van der Waals surface area contributed by atoms with Gasteiger partial charge in [0.1, 0.15) is 11.8 Å². The molecule has 5 heteroatoms. The second kappa shape index (κ2) is 5.19. The Morgan fingerprint density at radius 3 is 2.74 bits per heavy atom. The minimum atomic E-state index is -0.361. The number of anilines is 2. The Bertz CT molecular complexity index is 656. The van der Waals surface area contributed by atoms with Gasteiger partial charge in [0, 0.05) is 6.20 Å². The van der Waals surface area contributed by atoms with Crippen LogP contribution < -0.4 is 11.1 Å². The lowest BCUT2D eigenvalue weighted by Gasteiger charge is -2.08. The van der Waals surface area contributed by atoms with E-state index >= 15 is 0 Å². The number of nitriles is 1. The fourth-order valence-electron chi connectivity index (χ4n) is 1.58. The molecule has 0 aliphatic carbocycles. The van der Waals surface area contributed by atoms with Crippen molar-refractivity contribution in [3.63, 3.8) is 0 Å². The molecule has 0 fully saturated rings. The van der Waals surface area contributed by atoms with E-state index in [-0.39, 0.29) is 11.6 Å². The average Bonchev–Trinajstić information content (AvgIpc) is 2.42. The largest absolute Gasteiger partial charge is 0.397 e. The van der Waals surface area contributed by atoms with Gasteiger partial charge in [-0.1, -0.05) is 6.07 Å². The van der Waals surface area contributed by atoms with Gasteiger partial charge in [-0.3, -0.25) is 4.79 Å². The minimum Gasteiger partial charge on any atom is -0.397 e. The number of carbonyl (C=O) groups is 1. The quantitative estimate of drug-likeness (QED) is 0.800. The van der Waals surface area contributed by atoms with Crippen LogP contribution in [0.1, 0.15) is 21.6 Å². The van der Waals surface area contributed by atoms with Gasteiger partial charge in [-0.2, -0.15) is 5.26 Å². The lowest BCUT2D eigenvalue weighted by Crippen LogP contribution is -2.14. The number of carbonyl (C=O) groups excluding carboxylic acids is 1. The zero-order valence-electron chi connectivity index (χ0n) is 10.3. The Balaban J connectivity index is 2.18. The molecule has 0 aliphatic rings. The predicted molar refractivity (Wildman–Crippen MR) is 72.5 cm³/mol. The van der Waals surface area contributed by atoms with Gasteiger partial charge in [-0.05, 0) is 36.8 Å². The first-order chi connectivity index (χ1) is 9.10. The van der Waals surface area contributed by atoms with Crippen LogP contribution in [0.25, 0.3) is 0 Å². The van der Waals surface area contributed by atoms with Crippen molar-refractivity contribution in [2.24, 2.45) is 0 Å². The van der Waals surface area contributed by atoms with Crippen molar-refractivity contribution >= 4 is 17.3 Å². The number of aryl methyl sites for hydroxylation is 1. The van der Waals surface area contributed by atoms with E-state index in [1.54, 1.807) is 18.2 Å². The van der Waals surface area contributed by atoms with Crippen LogP contribution in [0.3, 0.4) is 0 Å². The van der Waals surface area contributed by atoms with Gasteiger partial charge in [-0.25, -0.2) is 4.98 Å². The smallest absolute Gasteiger partial charge is 0.274 e. The van der Waals surface area contributed by atoms with Crippen molar-refractivity contribution in [1.82, 2.24) is 4.98 Å². The van der Waals surface area contributed by atoms with Gasteiger partial charge in [0.25, 0.3) is 5.91 Å². The molecular formula is C14H12N4O. The van der Waals surface area contributed by atoms with E-state index < -0.39 is 0 Å². The number of hydrogen-bond donors (Lipinski definition) is 2. The molecule has 0 saturated carbocycles. The third kappa shape index (κ3) is 2.87. The number of rotatable bonds is 2. The molecule has 0 bridgehead atoms. The Kier molecular flexibility index (Phi) is 3.44. The molecule has 1 aromatic heterocycles. The molecule has 3 N–H and O–H groups in total. The molecule has 1 aromatic carbocycles. The molecule has 0 atom stereocenters. The molecular weight excluding hydrogens is 240 g/mol. The molecule has 0 saturated heterocycles. The van der Waals surface area contributed by atoms with Crippen LogP contribution in [0.5, 0.6) is 0 Å². The first-order valence-electron chi connectivity index (χ1n) is 5.64. The van der Waals surface area contributed by atoms with Crippen LogP contribution in [0, 0.1) is 18.3 Å². The van der Waals surface area contributed by atoms with E-state index in [0.717, 1.165) is 5.56 Å². The number of hydrogen-bond acceptors (Lipinski definition) is 4. The molecule has 1 heterocycles. The third-order valence-corrected chi connectivity index (χ3v) is 2.58. The Hall–Kier alpha value is -2.87. The summed E-state index contributed by atoms with van der Waals surface area (Å²) in [7, 11) is 0. The molecule has 0 spiro atoms. The van der Waals surface area contributed by atoms with Crippen LogP contribution in [-0.4, -0.2) is 10.9 Å². The maximum Gasteiger partial charge on any atom is 0.274 e. The van der Waals surface area contributed by atoms with Crippen LogP contribution in [-0.2, 0) is 0 Å². The van der Waals surface area contributed by atoms with Crippen LogP contribution >= 0.6 is 0 Å². The average molecular weight is 252 g/mol. The number of amides is 1. The zero-order chi connectivity index (χ0) is 13.8. The Morgan fingerprint density at radius 1 is 1.37 bits per heavy atom. The zero-order valence-corrected chi connectivity index (χ0v) is 10.3. The van der Waals surface area contributed by atoms with Crippen LogP contribution in [0.15, 0.2) is 36.5 Å². The fourth-order valence-corrected chi connectivity index (χ4v) is 1.58. The van der Waals surface area contributed by atoms with E-state index in [9.17, 15) is 4.79 Å². The highest BCUT2D eigenvalue weighted by Crippen LogP contribution is 2.19. The topological polar surface area (TPSA) is 91.8 Å². The Morgan fingerprint density at radius 2 is 2.16 bits per heavy atom. The Labute approximate surface area is 110 Å². The van der Waals surface area contributed by atoms with Crippen molar-refractivity contribution < 1.29 is 4.79 Å². The summed E-state index contributed by atoms with van der Waals surface area (Å²) in [6, 6.07) is 10.4. The highest BCUT2D eigenvalue weighted by atomic mass is 16.1. The SMILES string of the molecule is Cc1ccc(NC(=O)c2ccc(C#N)cn2)c(N)c1. The predicted octanol–water partition coefficient (Wildman–Crippen LogP) is 2.10. The molecule has 94 valence electrons. The van der Waals surface area contributed by atoms with Gasteiger partial charge in [0.05, 0.1) is 16.9 Å². The van der Waals surface area contributed by atoms with Gasteiger partial charge >= 0.3 is 0 Å². The molecule has 19 heavy (non-hydrogen) atoms. The molecule has 0 radical (unpaired) electrons. The fraction of sp³-hybridized carbons (Fsp3) is 0.0714. The van der Waals surface area contributed by atoms with Crippen LogP contribution in [0.2, 0.25) is 0 Å². The number of nitrogens with two attached hydrogens (primary N) is 1. The van der Waals surface area contributed by atoms with Crippen molar-refractivity contribution in [2.45, 2.75) is 6.92 Å². The molecule has 0 unspecified atom stereocenters. The summed E-state index contributed by atoms with van der Waals surface area (Å²) in [5.74, 6) is -0.361. The lowest BCUT2D eigenvalue weighted by atomic mass is 10.2. The van der Waals surface area contributed by atoms with Gasteiger partial charge in [-0.15, -0.1) is 0 Å². The van der Waals surface area contributed by atoms with Gasteiger partial charge < -0.3 is 11.1 Å². The van der Waals surface area contributed by atoms with Crippen LogP contribution in [0.4, 0.5) is 11.4 Å². The number of benzene rings is 1. The highest BCUT2D eigenvalue weighted by Gasteiger charge is 2.09. The molecule has 1 amide bonds. The lowest BCUT2D eigenvalue weighted by molar-refractivity contribution is 0.102. The van der Waals surface area contributed by atoms with Crippen molar-refractivity contribution in [2.75, 3.05) is 11.1 Å². The van der Waals surface area contributed by atoms with E-state index in [1.165, 1.54) is 12.3 Å². The van der Waals surface area contributed by atoms with E-state index in [0.29, 0.717) is 16.9 Å². The molecule has 5 nitrogen and oxygen atoms in total. The number of nitrogens with zero attached hydrogens (tertiary/aromatic N) is 2. The van der Waals surface area contributed by atoms with Crippen molar-refractivity contribution in [3.05, 3.63) is 53.3 Å². The number of nitrogen functional groups attached to an aromatic ring is 1. The summed E-state index contributed by atoms with van der Waals surface area (Å²) in [6.07, 6.45) is 1.35. The third-order valence-electron chi connectivity index (χ3n) is 2.58. The summed E-state index contributed by atoms with van der Waals surface area (Å²) in [5, 5.41) is 11.3. The monoisotopic (exact) mass is 252 g/mol. The molecule has 2 aromatic rings. The van der Waals surface area contributed by atoms with E-state index in [4.69, 9.17) is 11.0 Å². The standard InChI is InChI=1S/C14H12N4O/c1-9-2-4-12(11(16)6-9)18-14(19)13-5-3-10(7-15)8-17-13/h2-6,8H,16H2,1H3,(H,18,19). The molecule has 0 aliphatic heterocycles. The van der Waals surface area contributed by atoms with E-state index in [1.807, 2.05) is 19.1 Å². The van der Waals surface area contributed by atoms with Crippen molar-refractivity contribution in [1.29, 1.82) is 5.26 Å². The highest BCUT2D eigenvalue weighted by molar-refractivity contribution is 6.04. The van der Waals surface area contributed by atoms with E-state index in [2.05, 4.69) is 10.3 Å². The normalized spacial score (nSPS) is 9.68. The summed E-state index contributed by atoms with van der Waals surface area (Å²) >= 11 is 0. The summed E-state index contributed by atoms with van der Waals surface area (Å²) in [5.41, 5.74) is 8.52. The number of aromatic nitrogens is 1. The number of nitrogens with one attached hydrogen (secondary N) is 1. The first-order valence-corrected chi connectivity index (χ1v) is 5.64. The maximum atomic E-state index is 11.9. The molecule has 2 rings (SSSR count). The first kappa shape index (κ1) is 12.6. The van der Waals surface area contributed by atoms with Crippen molar-refractivity contribution in [3.8, 4) is 6.07 Å². The minimum absolute atomic E-state index is 0.235. The number of pyridine rings is 1. The summed E-state index contributed by atoms with van der Waals surface area (Å²) in [6.45, 7) is 1.92. The maximum absolute atomic E-state index is 11.9. The summed E-state index contributed by atoms with van der Waals surface area (Å²) < 4.78 is 0. The van der Waals surface area contributed by atoms with Gasteiger partial charge in [0.15, 0.2) is 0 Å². The second-order valence-electron chi connectivity index (χ2n) is 4.09.